The molecule has 0 bridgehead atoms. The third kappa shape index (κ3) is 3.31. The minimum absolute atomic E-state index is 0.0776. The molecule has 1 aliphatic rings. The van der Waals surface area contributed by atoms with Crippen molar-refractivity contribution in [2.75, 3.05) is 20.8 Å². The first-order chi connectivity index (χ1) is 13.6. The van der Waals surface area contributed by atoms with E-state index in [2.05, 4.69) is 10.3 Å². The number of halogens is 1. The first-order valence-electron chi connectivity index (χ1n) is 9.34. The lowest BCUT2D eigenvalue weighted by Gasteiger charge is -2.15. The predicted molar refractivity (Wildman–Crippen MR) is 110 cm³/mol. The highest BCUT2D eigenvalue weighted by atomic mass is 35.5. The summed E-state index contributed by atoms with van der Waals surface area (Å²) in [5.74, 6) is 1.47. The van der Waals surface area contributed by atoms with Crippen LogP contribution < -0.4 is 14.8 Å². The van der Waals surface area contributed by atoms with Gasteiger partial charge in [-0.2, -0.15) is 0 Å². The van der Waals surface area contributed by atoms with Gasteiger partial charge in [0.2, 0.25) is 5.91 Å². The van der Waals surface area contributed by atoms with E-state index in [4.69, 9.17) is 21.1 Å². The van der Waals surface area contributed by atoms with Crippen LogP contribution in [0.3, 0.4) is 0 Å². The van der Waals surface area contributed by atoms with E-state index in [0.717, 1.165) is 41.3 Å². The maximum atomic E-state index is 13.0. The van der Waals surface area contributed by atoms with Gasteiger partial charge in [0.15, 0.2) is 11.5 Å². The predicted octanol–water partition coefficient (Wildman–Crippen LogP) is 4.23. The van der Waals surface area contributed by atoms with Crippen LogP contribution in [0.2, 0.25) is 5.02 Å². The molecule has 0 saturated heterocycles. The molecule has 146 valence electrons. The summed E-state index contributed by atoms with van der Waals surface area (Å²) in [7, 11) is 3.23. The Hall–Kier alpha value is -2.66. The molecule has 1 amide bonds. The van der Waals surface area contributed by atoms with Crippen molar-refractivity contribution >= 4 is 28.4 Å². The fourth-order valence-corrected chi connectivity index (χ4v) is 3.93. The maximum absolute atomic E-state index is 13.0. The molecular weight excluding hydrogens is 376 g/mol. The third-order valence-corrected chi connectivity index (χ3v) is 5.73. The smallest absolute Gasteiger partial charge is 0.230 e. The molecule has 1 saturated carbocycles. The molecule has 0 aliphatic heterocycles. The number of hydrogen-bond donors (Lipinski definition) is 2. The summed E-state index contributed by atoms with van der Waals surface area (Å²) in [6.07, 6.45) is 4.38. The number of carbonyl (C=O) groups is 1. The number of hydrogen-bond acceptors (Lipinski definition) is 3. The molecule has 2 aromatic carbocycles. The Morgan fingerprint density at radius 1 is 1.14 bits per heavy atom. The van der Waals surface area contributed by atoms with Gasteiger partial charge in [0.25, 0.3) is 0 Å². The van der Waals surface area contributed by atoms with Crippen molar-refractivity contribution in [3.05, 3.63) is 58.7 Å². The van der Waals surface area contributed by atoms with E-state index in [1.807, 2.05) is 42.6 Å². The Morgan fingerprint density at radius 3 is 2.64 bits per heavy atom. The Balaban J connectivity index is 1.44. The van der Waals surface area contributed by atoms with E-state index >= 15 is 0 Å². The third-order valence-electron chi connectivity index (χ3n) is 5.49. The molecule has 3 aromatic rings. The van der Waals surface area contributed by atoms with Crippen LogP contribution in [-0.2, 0) is 16.6 Å². The molecule has 28 heavy (non-hydrogen) atoms. The van der Waals surface area contributed by atoms with E-state index in [9.17, 15) is 4.79 Å². The Labute approximate surface area is 169 Å². The lowest BCUT2D eigenvalue weighted by molar-refractivity contribution is -0.123. The zero-order valence-corrected chi connectivity index (χ0v) is 16.7. The van der Waals surface area contributed by atoms with E-state index in [1.165, 1.54) is 0 Å². The summed E-state index contributed by atoms with van der Waals surface area (Å²) < 4.78 is 10.6. The summed E-state index contributed by atoms with van der Waals surface area (Å²) in [5.41, 5.74) is 2.68. The van der Waals surface area contributed by atoms with E-state index in [1.54, 1.807) is 14.2 Å². The van der Waals surface area contributed by atoms with Crippen LogP contribution in [0.15, 0.2) is 42.6 Å². The van der Waals surface area contributed by atoms with Crippen LogP contribution in [-0.4, -0.2) is 31.7 Å². The Morgan fingerprint density at radius 2 is 1.93 bits per heavy atom. The topological polar surface area (TPSA) is 63.3 Å². The van der Waals surface area contributed by atoms with Gasteiger partial charge >= 0.3 is 0 Å². The normalized spacial score (nSPS) is 14.7. The second-order valence-electron chi connectivity index (χ2n) is 7.17. The number of methoxy groups -OCH3 is 2. The molecular formula is C22H23ClN2O3. The molecule has 4 rings (SSSR count). The standard InChI is InChI=1S/C22H23ClN2O3/c1-27-19-6-3-14(11-20(19)28-2)7-10-24-21(26)22(8-9-22)17-13-25-18-5-4-15(23)12-16(17)18/h3-6,11-13,25H,7-10H2,1-2H3,(H,24,26). The largest absolute Gasteiger partial charge is 0.493 e. The molecule has 1 fully saturated rings. The molecule has 5 nitrogen and oxygen atoms in total. The quantitative estimate of drug-likeness (QED) is 0.626. The number of amides is 1. The van der Waals surface area contributed by atoms with Crippen molar-refractivity contribution in [2.24, 2.45) is 0 Å². The number of carbonyl (C=O) groups excluding carboxylic acids is 1. The van der Waals surface area contributed by atoms with Gasteiger partial charge in [-0.25, -0.2) is 0 Å². The van der Waals surface area contributed by atoms with E-state index < -0.39 is 5.41 Å². The molecule has 0 spiro atoms. The highest BCUT2D eigenvalue weighted by Crippen LogP contribution is 2.50. The minimum Gasteiger partial charge on any atom is -0.493 e. The molecule has 1 aromatic heterocycles. The molecule has 1 heterocycles. The van der Waals surface area contributed by atoms with Crippen molar-refractivity contribution in [3.63, 3.8) is 0 Å². The number of ether oxygens (including phenoxy) is 2. The van der Waals surface area contributed by atoms with Crippen LogP contribution >= 0.6 is 11.6 Å². The number of rotatable bonds is 7. The summed E-state index contributed by atoms with van der Waals surface area (Å²) >= 11 is 6.16. The van der Waals surface area contributed by atoms with Gasteiger partial charge in [0, 0.05) is 28.7 Å². The number of benzene rings is 2. The van der Waals surface area contributed by atoms with Gasteiger partial charge in [-0.15, -0.1) is 0 Å². The molecule has 0 unspecified atom stereocenters. The highest BCUT2D eigenvalue weighted by Gasteiger charge is 2.52. The molecule has 0 radical (unpaired) electrons. The van der Waals surface area contributed by atoms with Gasteiger partial charge in [0.1, 0.15) is 0 Å². The number of aromatic amines is 1. The van der Waals surface area contributed by atoms with Gasteiger partial charge in [0.05, 0.1) is 19.6 Å². The van der Waals surface area contributed by atoms with Gasteiger partial charge in [-0.1, -0.05) is 17.7 Å². The second-order valence-corrected chi connectivity index (χ2v) is 7.61. The maximum Gasteiger partial charge on any atom is 0.230 e. The van der Waals surface area contributed by atoms with Crippen LogP contribution in [0, 0.1) is 0 Å². The first-order valence-corrected chi connectivity index (χ1v) is 9.71. The highest BCUT2D eigenvalue weighted by molar-refractivity contribution is 6.31. The average molecular weight is 399 g/mol. The van der Waals surface area contributed by atoms with Gasteiger partial charge in [-0.05, 0) is 60.7 Å². The molecule has 2 N–H and O–H groups in total. The van der Waals surface area contributed by atoms with Gasteiger partial charge in [-0.3, -0.25) is 4.79 Å². The van der Waals surface area contributed by atoms with Crippen molar-refractivity contribution in [1.82, 2.24) is 10.3 Å². The summed E-state index contributed by atoms with van der Waals surface area (Å²) in [4.78, 5) is 16.2. The Bertz CT molecular complexity index is 1020. The second kappa shape index (κ2) is 7.40. The lowest BCUT2D eigenvalue weighted by Crippen LogP contribution is -2.35. The lowest BCUT2D eigenvalue weighted by atomic mass is 9.94. The number of H-pyrrole nitrogens is 1. The number of fused-ring (bicyclic) bond motifs is 1. The summed E-state index contributed by atoms with van der Waals surface area (Å²) in [6, 6.07) is 11.6. The fourth-order valence-electron chi connectivity index (χ4n) is 3.76. The van der Waals surface area contributed by atoms with Crippen molar-refractivity contribution in [2.45, 2.75) is 24.7 Å². The van der Waals surface area contributed by atoms with Crippen LogP contribution in [0.4, 0.5) is 0 Å². The first kappa shape index (κ1) is 18.7. The minimum atomic E-state index is -0.444. The van der Waals surface area contributed by atoms with Crippen LogP contribution in [0.1, 0.15) is 24.0 Å². The van der Waals surface area contributed by atoms with Gasteiger partial charge < -0.3 is 19.8 Å². The zero-order chi connectivity index (χ0) is 19.7. The Kier molecular flexibility index (Phi) is 4.94. The van der Waals surface area contributed by atoms with Crippen LogP contribution in [0.25, 0.3) is 10.9 Å². The molecule has 1 aliphatic carbocycles. The fraction of sp³-hybridized carbons (Fsp3) is 0.318. The summed E-state index contributed by atoms with van der Waals surface area (Å²) in [6.45, 7) is 0.569. The monoisotopic (exact) mass is 398 g/mol. The average Bonchev–Trinajstić information content (AvgIpc) is 3.41. The van der Waals surface area contributed by atoms with Crippen molar-refractivity contribution < 1.29 is 14.3 Å². The number of aromatic nitrogens is 1. The van der Waals surface area contributed by atoms with Crippen molar-refractivity contribution in [3.8, 4) is 11.5 Å². The molecule has 6 heteroatoms. The zero-order valence-electron chi connectivity index (χ0n) is 16.0. The van der Waals surface area contributed by atoms with E-state index in [0.29, 0.717) is 23.1 Å². The van der Waals surface area contributed by atoms with E-state index in [-0.39, 0.29) is 5.91 Å². The SMILES string of the molecule is COc1ccc(CCNC(=O)C2(c3c[nH]c4ccc(Cl)cc34)CC2)cc1OC. The van der Waals surface area contributed by atoms with Crippen molar-refractivity contribution in [1.29, 1.82) is 0 Å². The summed E-state index contributed by atoms with van der Waals surface area (Å²) in [5, 5.41) is 4.82. The number of nitrogens with one attached hydrogen (secondary N) is 2. The molecule has 0 atom stereocenters. The van der Waals surface area contributed by atoms with Crippen LogP contribution in [0.5, 0.6) is 11.5 Å².